The smallest absolute Gasteiger partial charge is 0.225 e. The third kappa shape index (κ3) is 4.36. The van der Waals surface area contributed by atoms with Crippen LogP contribution in [0, 0.1) is 11.4 Å². The van der Waals surface area contributed by atoms with Crippen LogP contribution in [0.4, 0.5) is 11.4 Å². The van der Waals surface area contributed by atoms with Crippen LogP contribution >= 0.6 is 11.6 Å². The maximum atomic E-state index is 10.7. The molecule has 0 spiro atoms. The van der Waals surface area contributed by atoms with Gasteiger partial charge in [0, 0.05) is 36.3 Å². The van der Waals surface area contributed by atoms with Gasteiger partial charge >= 0.3 is 0 Å². The van der Waals surface area contributed by atoms with Crippen molar-refractivity contribution in [3.8, 4) is 11.6 Å². The quantitative estimate of drug-likeness (QED) is 0.427. The van der Waals surface area contributed by atoms with E-state index in [4.69, 9.17) is 21.9 Å². The Morgan fingerprint density at radius 1 is 1.24 bits per heavy atom. The van der Waals surface area contributed by atoms with Crippen LogP contribution in [0.25, 0.3) is 0 Å². The number of aromatic nitrogens is 2. The standard InChI is InChI=1S/C21H20ClN5O2/c22-18-17(8-7-16(19(18)27-23)26-11-13-5-6-13)29-21-15(4-2-10-25-21)20(28)14-3-1-9-24-12-14/h1-4,7-10,12-13,20,23,26,28H,5-6,11H2. The number of nitrogens with zero attached hydrogens (tertiary/aromatic N) is 3. The molecule has 0 saturated heterocycles. The molecule has 1 unspecified atom stereocenters. The zero-order valence-electron chi connectivity index (χ0n) is 15.5. The summed E-state index contributed by atoms with van der Waals surface area (Å²) >= 11 is 6.46. The van der Waals surface area contributed by atoms with Crippen LogP contribution in [0.5, 0.6) is 11.6 Å². The van der Waals surface area contributed by atoms with E-state index in [9.17, 15) is 5.11 Å². The molecule has 8 heteroatoms. The number of aliphatic hydroxyl groups is 1. The third-order valence-electron chi connectivity index (χ3n) is 4.77. The predicted octanol–water partition coefficient (Wildman–Crippen LogP) is 5.49. The first-order valence-corrected chi connectivity index (χ1v) is 9.69. The number of hydrogen-bond acceptors (Lipinski definition) is 7. The Morgan fingerprint density at radius 2 is 2.07 bits per heavy atom. The fraction of sp³-hybridized carbons (Fsp3) is 0.238. The van der Waals surface area contributed by atoms with Crippen LogP contribution < -0.4 is 10.1 Å². The summed E-state index contributed by atoms with van der Waals surface area (Å²) < 4.78 is 5.92. The van der Waals surface area contributed by atoms with Crippen molar-refractivity contribution in [3.63, 3.8) is 0 Å². The van der Waals surface area contributed by atoms with Crippen LogP contribution in [-0.4, -0.2) is 21.6 Å². The summed E-state index contributed by atoms with van der Waals surface area (Å²) in [4.78, 5) is 8.30. The molecule has 1 atom stereocenters. The molecule has 7 nitrogen and oxygen atoms in total. The number of nitrogens with one attached hydrogen (secondary N) is 2. The van der Waals surface area contributed by atoms with Crippen molar-refractivity contribution in [1.82, 2.24) is 9.97 Å². The summed E-state index contributed by atoms with van der Waals surface area (Å²) in [6.07, 6.45) is 6.29. The molecule has 1 fully saturated rings. The van der Waals surface area contributed by atoms with Crippen molar-refractivity contribution in [2.45, 2.75) is 18.9 Å². The lowest BCUT2D eigenvalue weighted by Crippen LogP contribution is -2.05. The molecule has 1 saturated carbocycles. The molecule has 1 aliphatic rings. The summed E-state index contributed by atoms with van der Waals surface area (Å²) in [5, 5.41) is 17.8. The summed E-state index contributed by atoms with van der Waals surface area (Å²) in [6.45, 7) is 0.834. The Morgan fingerprint density at radius 3 is 2.79 bits per heavy atom. The van der Waals surface area contributed by atoms with Gasteiger partial charge in [-0.05, 0) is 49.1 Å². The zero-order valence-corrected chi connectivity index (χ0v) is 16.3. The number of halogens is 1. The highest BCUT2D eigenvalue weighted by atomic mass is 35.5. The summed E-state index contributed by atoms with van der Waals surface area (Å²) in [5.74, 6) is 1.21. The summed E-state index contributed by atoms with van der Waals surface area (Å²) in [7, 11) is 0. The SMILES string of the molecule is N=Nc1c(NCC2CC2)ccc(Oc2ncccc2C(O)c2cccnc2)c1Cl. The van der Waals surface area contributed by atoms with Gasteiger partial charge < -0.3 is 15.2 Å². The highest BCUT2D eigenvalue weighted by molar-refractivity contribution is 6.35. The molecular weight excluding hydrogens is 390 g/mol. The topological polar surface area (TPSA) is 103 Å². The number of pyridine rings is 2. The van der Waals surface area contributed by atoms with Gasteiger partial charge in [-0.25, -0.2) is 10.5 Å². The van der Waals surface area contributed by atoms with E-state index in [1.165, 1.54) is 12.8 Å². The van der Waals surface area contributed by atoms with E-state index in [1.807, 2.05) is 0 Å². The number of aliphatic hydroxyl groups excluding tert-OH is 1. The van der Waals surface area contributed by atoms with Crippen LogP contribution in [0.2, 0.25) is 5.02 Å². The molecule has 3 aromatic rings. The molecule has 3 N–H and O–H groups in total. The molecule has 2 aromatic heterocycles. The largest absolute Gasteiger partial charge is 0.437 e. The Kier molecular flexibility index (Phi) is 5.69. The monoisotopic (exact) mass is 409 g/mol. The van der Waals surface area contributed by atoms with Gasteiger partial charge in [0.1, 0.15) is 16.8 Å². The van der Waals surface area contributed by atoms with Crippen molar-refractivity contribution in [2.75, 3.05) is 11.9 Å². The van der Waals surface area contributed by atoms with Crippen LogP contribution in [0.3, 0.4) is 0 Å². The van der Waals surface area contributed by atoms with Crippen molar-refractivity contribution < 1.29 is 9.84 Å². The normalized spacial score (nSPS) is 14.3. The molecule has 0 amide bonds. The van der Waals surface area contributed by atoms with E-state index < -0.39 is 6.10 Å². The molecule has 1 aromatic carbocycles. The van der Waals surface area contributed by atoms with Gasteiger partial charge in [-0.1, -0.05) is 17.7 Å². The minimum absolute atomic E-state index is 0.216. The molecule has 0 radical (unpaired) electrons. The number of anilines is 1. The lowest BCUT2D eigenvalue weighted by atomic mass is 10.0. The van der Waals surface area contributed by atoms with Crippen LogP contribution in [0.15, 0.2) is 60.1 Å². The third-order valence-corrected chi connectivity index (χ3v) is 5.14. The number of rotatable bonds is 8. The fourth-order valence-electron chi connectivity index (χ4n) is 2.97. The summed E-state index contributed by atoms with van der Waals surface area (Å²) in [6, 6.07) is 10.5. The van der Waals surface area contributed by atoms with E-state index in [0.29, 0.717) is 34.2 Å². The molecule has 29 heavy (non-hydrogen) atoms. The average Bonchev–Trinajstić information content (AvgIpc) is 3.59. The average molecular weight is 410 g/mol. The second-order valence-corrected chi connectivity index (χ2v) is 7.28. The van der Waals surface area contributed by atoms with Crippen molar-refractivity contribution in [2.24, 2.45) is 11.0 Å². The Labute approximate surface area is 173 Å². The minimum Gasteiger partial charge on any atom is -0.437 e. The molecule has 0 bridgehead atoms. The summed E-state index contributed by atoms with van der Waals surface area (Å²) in [5.41, 5.74) is 9.62. The van der Waals surface area contributed by atoms with Crippen LogP contribution in [0.1, 0.15) is 30.1 Å². The lowest BCUT2D eigenvalue weighted by Gasteiger charge is -2.17. The highest BCUT2D eigenvalue weighted by Crippen LogP contribution is 2.43. The first-order chi connectivity index (χ1) is 14.2. The highest BCUT2D eigenvalue weighted by Gasteiger charge is 2.23. The van der Waals surface area contributed by atoms with E-state index >= 15 is 0 Å². The van der Waals surface area contributed by atoms with Crippen molar-refractivity contribution in [3.05, 3.63) is 71.1 Å². The number of ether oxygens (including phenoxy) is 1. The number of benzene rings is 1. The van der Waals surface area contributed by atoms with Gasteiger partial charge in [-0.2, -0.15) is 5.11 Å². The molecule has 2 heterocycles. The lowest BCUT2D eigenvalue weighted by molar-refractivity contribution is 0.214. The zero-order chi connectivity index (χ0) is 20.2. The fourth-order valence-corrected chi connectivity index (χ4v) is 3.22. The predicted molar refractivity (Wildman–Crippen MR) is 110 cm³/mol. The van der Waals surface area contributed by atoms with Gasteiger partial charge in [-0.15, -0.1) is 0 Å². The van der Waals surface area contributed by atoms with Crippen LogP contribution in [-0.2, 0) is 0 Å². The minimum atomic E-state index is -0.953. The van der Waals surface area contributed by atoms with Gasteiger partial charge in [0.05, 0.1) is 5.69 Å². The van der Waals surface area contributed by atoms with E-state index in [2.05, 4.69) is 20.4 Å². The van der Waals surface area contributed by atoms with Gasteiger partial charge in [0.2, 0.25) is 5.88 Å². The second-order valence-electron chi connectivity index (χ2n) is 6.90. The second kappa shape index (κ2) is 8.55. The van der Waals surface area contributed by atoms with E-state index in [-0.39, 0.29) is 10.9 Å². The van der Waals surface area contributed by atoms with E-state index in [1.54, 1.807) is 55.0 Å². The van der Waals surface area contributed by atoms with Gasteiger partial charge in [0.25, 0.3) is 0 Å². The Hall–Kier alpha value is -3.03. The molecule has 1 aliphatic carbocycles. The van der Waals surface area contributed by atoms with E-state index in [0.717, 1.165) is 6.54 Å². The Bertz CT molecular complexity index is 1010. The molecular formula is C21H20ClN5O2. The van der Waals surface area contributed by atoms with Gasteiger partial charge in [-0.3, -0.25) is 4.98 Å². The molecule has 148 valence electrons. The first-order valence-electron chi connectivity index (χ1n) is 9.32. The first kappa shape index (κ1) is 19.3. The maximum Gasteiger partial charge on any atom is 0.225 e. The van der Waals surface area contributed by atoms with Crippen molar-refractivity contribution in [1.29, 1.82) is 5.53 Å². The molecule has 4 rings (SSSR count). The van der Waals surface area contributed by atoms with Crippen molar-refractivity contribution >= 4 is 23.0 Å². The number of hydrogen-bond donors (Lipinski definition) is 3. The Balaban J connectivity index is 1.62. The molecule has 0 aliphatic heterocycles. The van der Waals surface area contributed by atoms with Gasteiger partial charge in [0.15, 0.2) is 5.75 Å². The maximum absolute atomic E-state index is 10.7.